The molecule has 2 aromatic heterocycles. The summed E-state index contributed by atoms with van der Waals surface area (Å²) in [6.45, 7) is 0. The molecule has 0 atom stereocenters. The van der Waals surface area contributed by atoms with Crippen molar-refractivity contribution < 1.29 is 4.42 Å². The lowest BCUT2D eigenvalue weighted by Gasteiger charge is -1.88. The van der Waals surface area contributed by atoms with Gasteiger partial charge < -0.3 is 4.42 Å². The fourth-order valence-electron chi connectivity index (χ4n) is 1.07. The zero-order chi connectivity index (χ0) is 9.97. The van der Waals surface area contributed by atoms with Crippen molar-refractivity contribution in [2.24, 2.45) is 0 Å². The summed E-state index contributed by atoms with van der Waals surface area (Å²) >= 11 is 10.6. The minimum Gasteiger partial charge on any atom is -0.440 e. The molecule has 0 bridgehead atoms. The molecule has 5 heteroatoms. The number of alkyl halides is 1. The molecule has 2 aromatic rings. The SMILES string of the molecule is ClCCc1ncc(-c2ccc(Br)s2)o1. The van der Waals surface area contributed by atoms with Crippen LogP contribution in [-0.2, 0) is 6.42 Å². The summed E-state index contributed by atoms with van der Waals surface area (Å²) in [5, 5.41) is 0. The molecule has 0 saturated carbocycles. The van der Waals surface area contributed by atoms with Gasteiger partial charge in [-0.25, -0.2) is 4.98 Å². The van der Waals surface area contributed by atoms with E-state index in [9.17, 15) is 0 Å². The van der Waals surface area contributed by atoms with Gasteiger partial charge in [0.05, 0.1) is 14.9 Å². The highest BCUT2D eigenvalue weighted by molar-refractivity contribution is 9.11. The van der Waals surface area contributed by atoms with Crippen LogP contribution in [0.1, 0.15) is 5.89 Å². The molecule has 0 radical (unpaired) electrons. The topological polar surface area (TPSA) is 26.0 Å². The van der Waals surface area contributed by atoms with Crippen molar-refractivity contribution in [1.29, 1.82) is 0 Å². The molecular weight excluding hydrogens is 286 g/mol. The van der Waals surface area contributed by atoms with Crippen LogP contribution < -0.4 is 0 Å². The highest BCUT2D eigenvalue weighted by atomic mass is 79.9. The van der Waals surface area contributed by atoms with E-state index in [0.717, 1.165) is 14.4 Å². The van der Waals surface area contributed by atoms with E-state index in [-0.39, 0.29) is 0 Å². The van der Waals surface area contributed by atoms with Gasteiger partial charge in [-0.3, -0.25) is 0 Å². The summed E-state index contributed by atoms with van der Waals surface area (Å²) in [5.41, 5.74) is 0. The average Bonchev–Trinajstić information content (AvgIpc) is 2.74. The van der Waals surface area contributed by atoms with Crippen LogP contribution in [0.25, 0.3) is 10.6 Å². The molecule has 0 aliphatic rings. The number of oxazole rings is 1. The summed E-state index contributed by atoms with van der Waals surface area (Å²) in [4.78, 5) is 5.21. The van der Waals surface area contributed by atoms with E-state index in [1.807, 2.05) is 12.1 Å². The van der Waals surface area contributed by atoms with Crippen LogP contribution in [0.3, 0.4) is 0 Å². The molecular formula is C9H7BrClNOS. The molecule has 0 unspecified atom stereocenters. The zero-order valence-corrected chi connectivity index (χ0v) is 10.3. The molecule has 0 N–H and O–H groups in total. The van der Waals surface area contributed by atoms with Gasteiger partial charge in [-0.05, 0) is 28.1 Å². The monoisotopic (exact) mass is 291 g/mol. The fourth-order valence-corrected chi connectivity index (χ4v) is 2.56. The fraction of sp³-hybridized carbons (Fsp3) is 0.222. The largest absolute Gasteiger partial charge is 0.440 e. The van der Waals surface area contributed by atoms with E-state index in [0.29, 0.717) is 18.2 Å². The normalized spacial score (nSPS) is 10.7. The quantitative estimate of drug-likeness (QED) is 0.801. The van der Waals surface area contributed by atoms with Crippen LogP contribution in [-0.4, -0.2) is 10.9 Å². The Hall–Kier alpha value is -0.320. The second-order valence-electron chi connectivity index (χ2n) is 2.66. The molecule has 0 amide bonds. The number of thiophene rings is 1. The van der Waals surface area contributed by atoms with Crippen molar-refractivity contribution in [2.45, 2.75) is 6.42 Å². The Kier molecular flexibility index (Phi) is 3.26. The number of aryl methyl sites for hydroxylation is 1. The number of nitrogens with zero attached hydrogens (tertiary/aromatic N) is 1. The van der Waals surface area contributed by atoms with Gasteiger partial charge in [-0.1, -0.05) is 0 Å². The summed E-state index contributed by atoms with van der Waals surface area (Å²) < 4.78 is 6.60. The molecule has 74 valence electrons. The summed E-state index contributed by atoms with van der Waals surface area (Å²) in [5.74, 6) is 2.04. The maximum absolute atomic E-state index is 5.59. The summed E-state index contributed by atoms with van der Waals surface area (Å²) in [6, 6.07) is 3.99. The van der Waals surface area contributed by atoms with Gasteiger partial charge in [0.2, 0.25) is 0 Å². The zero-order valence-electron chi connectivity index (χ0n) is 7.17. The van der Waals surface area contributed by atoms with Crippen LogP contribution in [0.15, 0.2) is 26.5 Å². The van der Waals surface area contributed by atoms with Crippen LogP contribution >= 0.6 is 38.9 Å². The van der Waals surface area contributed by atoms with Crippen molar-refractivity contribution in [3.8, 4) is 10.6 Å². The summed E-state index contributed by atoms with van der Waals surface area (Å²) in [6.07, 6.45) is 2.41. The molecule has 0 spiro atoms. The van der Waals surface area contributed by atoms with Gasteiger partial charge in [0.25, 0.3) is 0 Å². The van der Waals surface area contributed by atoms with Crippen LogP contribution in [0, 0.1) is 0 Å². The molecule has 2 rings (SSSR count). The van der Waals surface area contributed by atoms with Gasteiger partial charge in [-0.2, -0.15) is 0 Å². The number of rotatable bonds is 3. The predicted molar refractivity (Wildman–Crippen MR) is 61.9 cm³/mol. The first-order chi connectivity index (χ1) is 6.79. The molecule has 2 nitrogen and oxygen atoms in total. The van der Waals surface area contributed by atoms with Crippen molar-refractivity contribution >= 4 is 38.9 Å². The Morgan fingerprint density at radius 3 is 3.00 bits per heavy atom. The first-order valence-electron chi connectivity index (χ1n) is 4.06. The Morgan fingerprint density at radius 1 is 1.50 bits per heavy atom. The Bertz CT molecular complexity index is 426. The Labute approximate surface area is 99.0 Å². The lowest BCUT2D eigenvalue weighted by Crippen LogP contribution is -1.83. The second kappa shape index (κ2) is 4.47. The molecule has 0 aromatic carbocycles. The number of aromatic nitrogens is 1. The Balaban J connectivity index is 2.24. The lowest BCUT2D eigenvalue weighted by molar-refractivity contribution is 0.516. The number of hydrogen-bond acceptors (Lipinski definition) is 3. The average molecular weight is 293 g/mol. The first kappa shape index (κ1) is 10.2. The molecule has 0 aliphatic heterocycles. The maximum Gasteiger partial charge on any atom is 0.196 e. The predicted octanol–water partition coefficient (Wildman–Crippen LogP) is 3.95. The van der Waals surface area contributed by atoms with Crippen LogP contribution in [0.5, 0.6) is 0 Å². The third-order valence-electron chi connectivity index (χ3n) is 1.68. The molecule has 0 saturated heterocycles. The van der Waals surface area contributed by atoms with Crippen molar-refractivity contribution in [3.63, 3.8) is 0 Å². The van der Waals surface area contributed by atoms with E-state index in [1.165, 1.54) is 0 Å². The van der Waals surface area contributed by atoms with Gasteiger partial charge in [-0.15, -0.1) is 22.9 Å². The lowest BCUT2D eigenvalue weighted by atomic mass is 10.4. The third kappa shape index (κ3) is 2.19. The minimum absolute atomic E-state index is 0.536. The van der Waals surface area contributed by atoms with Crippen molar-refractivity contribution in [1.82, 2.24) is 4.98 Å². The van der Waals surface area contributed by atoms with Crippen molar-refractivity contribution in [3.05, 3.63) is 28.0 Å². The van der Waals surface area contributed by atoms with Crippen LogP contribution in [0.4, 0.5) is 0 Å². The summed E-state index contributed by atoms with van der Waals surface area (Å²) in [7, 11) is 0. The van der Waals surface area contributed by atoms with E-state index in [4.69, 9.17) is 16.0 Å². The number of hydrogen-bond donors (Lipinski definition) is 0. The van der Waals surface area contributed by atoms with E-state index >= 15 is 0 Å². The van der Waals surface area contributed by atoms with Crippen molar-refractivity contribution in [2.75, 3.05) is 5.88 Å². The number of halogens is 2. The molecule has 0 aliphatic carbocycles. The van der Waals surface area contributed by atoms with Gasteiger partial charge in [0.15, 0.2) is 11.7 Å². The van der Waals surface area contributed by atoms with E-state index in [2.05, 4.69) is 20.9 Å². The van der Waals surface area contributed by atoms with Crippen LogP contribution in [0.2, 0.25) is 0 Å². The Morgan fingerprint density at radius 2 is 2.36 bits per heavy atom. The molecule has 14 heavy (non-hydrogen) atoms. The smallest absolute Gasteiger partial charge is 0.196 e. The molecule has 0 fully saturated rings. The van der Waals surface area contributed by atoms with E-state index in [1.54, 1.807) is 17.5 Å². The third-order valence-corrected chi connectivity index (χ3v) is 3.51. The standard InChI is InChI=1S/C9H7BrClNOS/c10-8-2-1-7(14-8)6-5-12-9(13-6)3-4-11/h1-2,5H,3-4H2. The highest BCUT2D eigenvalue weighted by Gasteiger charge is 2.07. The van der Waals surface area contributed by atoms with Gasteiger partial charge in [0, 0.05) is 12.3 Å². The highest BCUT2D eigenvalue weighted by Crippen LogP contribution is 2.31. The minimum atomic E-state index is 0.536. The first-order valence-corrected chi connectivity index (χ1v) is 6.20. The molecule has 2 heterocycles. The van der Waals surface area contributed by atoms with E-state index < -0.39 is 0 Å². The maximum atomic E-state index is 5.59. The van der Waals surface area contributed by atoms with Gasteiger partial charge in [0.1, 0.15) is 0 Å². The second-order valence-corrected chi connectivity index (χ2v) is 5.50. The van der Waals surface area contributed by atoms with Gasteiger partial charge >= 0.3 is 0 Å².